The van der Waals surface area contributed by atoms with E-state index in [1.807, 2.05) is 7.05 Å². The minimum Gasteiger partial charge on any atom is -0.481 e. The van der Waals surface area contributed by atoms with E-state index in [0.29, 0.717) is 18.5 Å². The van der Waals surface area contributed by atoms with Gasteiger partial charge in [-0.15, -0.1) is 5.10 Å². The second kappa shape index (κ2) is 16.7. The van der Waals surface area contributed by atoms with Crippen molar-refractivity contribution in [2.24, 2.45) is 0 Å². The molecule has 10 nitrogen and oxygen atoms in total. The number of carboxylic acids is 2. The molecule has 1 saturated heterocycles. The van der Waals surface area contributed by atoms with Crippen molar-refractivity contribution in [3.05, 3.63) is 5.89 Å². The topological polar surface area (TPSA) is 132 Å². The first kappa shape index (κ1) is 26.8. The van der Waals surface area contributed by atoms with Crippen LogP contribution in [0.1, 0.15) is 58.8 Å². The van der Waals surface area contributed by atoms with Crippen LogP contribution in [0, 0.1) is 0 Å². The molecular weight excluding hydrogens is 378 g/mol. The zero-order valence-corrected chi connectivity index (χ0v) is 18.2. The quantitative estimate of drug-likeness (QED) is 0.515. The van der Waals surface area contributed by atoms with Gasteiger partial charge in [-0.2, -0.15) is 0 Å². The Hall–Kier alpha value is -2.20. The Morgan fingerprint density at radius 2 is 1.55 bits per heavy atom. The van der Waals surface area contributed by atoms with Gasteiger partial charge in [-0.05, 0) is 20.0 Å². The number of anilines is 1. The van der Waals surface area contributed by atoms with E-state index in [0.717, 1.165) is 40.0 Å². The number of carbonyl (C=O) groups is 2. The highest BCUT2D eigenvalue weighted by Gasteiger charge is 2.20. The van der Waals surface area contributed by atoms with Crippen molar-refractivity contribution in [3.8, 4) is 0 Å². The molecule has 2 rings (SSSR count). The smallest absolute Gasteiger partial charge is 0.318 e. The fourth-order valence-corrected chi connectivity index (χ4v) is 2.70. The highest BCUT2D eigenvalue weighted by molar-refractivity contribution is 5.63. The number of hydrogen-bond acceptors (Lipinski definition) is 8. The summed E-state index contributed by atoms with van der Waals surface area (Å²) in [7, 11) is 1.88. The van der Waals surface area contributed by atoms with Crippen LogP contribution in [0.3, 0.4) is 0 Å². The van der Waals surface area contributed by atoms with Gasteiger partial charge < -0.3 is 24.8 Å². The van der Waals surface area contributed by atoms with E-state index in [9.17, 15) is 0 Å². The number of rotatable bonds is 9. The van der Waals surface area contributed by atoms with Crippen LogP contribution in [0.5, 0.6) is 0 Å². The summed E-state index contributed by atoms with van der Waals surface area (Å²) in [6, 6.07) is 0.669. The molecule has 29 heavy (non-hydrogen) atoms. The molecule has 1 aliphatic rings. The van der Waals surface area contributed by atoms with Crippen LogP contribution in [-0.4, -0.2) is 77.0 Å². The monoisotopic (exact) mass is 415 g/mol. The van der Waals surface area contributed by atoms with Crippen LogP contribution in [0.15, 0.2) is 4.42 Å². The largest absolute Gasteiger partial charge is 0.481 e. The summed E-state index contributed by atoms with van der Waals surface area (Å²) >= 11 is 0. The lowest BCUT2D eigenvalue weighted by molar-refractivity contribution is -0.135. The van der Waals surface area contributed by atoms with Gasteiger partial charge in [0.05, 0.1) is 6.54 Å². The second-order valence-corrected chi connectivity index (χ2v) is 6.79. The lowest BCUT2D eigenvalue weighted by Gasteiger charge is -2.33. The van der Waals surface area contributed by atoms with Gasteiger partial charge in [0.1, 0.15) is 0 Å². The van der Waals surface area contributed by atoms with E-state index in [2.05, 4.69) is 32.2 Å². The molecule has 0 aliphatic carbocycles. The zero-order chi connectivity index (χ0) is 22.1. The van der Waals surface area contributed by atoms with Crippen molar-refractivity contribution >= 4 is 18.0 Å². The predicted octanol–water partition coefficient (Wildman–Crippen LogP) is 2.06. The van der Waals surface area contributed by atoms with Crippen molar-refractivity contribution in [3.63, 3.8) is 0 Å². The molecule has 0 radical (unpaired) electrons. The minimum atomic E-state index is -0.833. The van der Waals surface area contributed by atoms with E-state index in [4.69, 9.17) is 24.2 Å². The maximum Gasteiger partial charge on any atom is 0.318 e. The lowest BCUT2D eigenvalue weighted by atomic mass is 10.1. The van der Waals surface area contributed by atoms with Gasteiger partial charge in [-0.3, -0.25) is 14.5 Å². The number of nitrogens with one attached hydrogen (secondary N) is 1. The van der Waals surface area contributed by atoms with Gasteiger partial charge in [0.25, 0.3) is 11.9 Å². The summed E-state index contributed by atoms with van der Waals surface area (Å²) in [6.45, 7) is 10.4. The normalized spacial score (nSPS) is 13.7. The Morgan fingerprint density at radius 3 is 2.07 bits per heavy atom. The second-order valence-electron chi connectivity index (χ2n) is 6.79. The van der Waals surface area contributed by atoms with E-state index in [1.54, 1.807) is 0 Å². The molecule has 10 heteroatoms. The molecule has 0 atom stereocenters. The third-order valence-electron chi connectivity index (χ3n) is 4.00. The van der Waals surface area contributed by atoms with Crippen LogP contribution in [0.2, 0.25) is 0 Å². The van der Waals surface area contributed by atoms with E-state index >= 15 is 0 Å². The summed E-state index contributed by atoms with van der Waals surface area (Å²) in [4.78, 5) is 22.7. The lowest BCUT2D eigenvalue weighted by Crippen LogP contribution is -2.46. The Bertz CT molecular complexity index is 539. The standard InChI is InChI=1S/C15H29N5O.2C2H4O2/c1-3-4-5-6-7-8-19-9-11-20(12-10-19)15-18-17-14(21-15)13-16-2;2*1-2(3)4/h16H,3-13H2,1-2H3;2*1H3,(H,3,4). The SMILES string of the molecule is CC(=O)O.CC(=O)O.CCCCCCCN1CCN(c2nnc(CNC)o2)CC1. The number of unbranched alkanes of at least 4 members (excludes halogenated alkanes) is 4. The molecule has 0 saturated carbocycles. The Kier molecular flexibility index (Phi) is 15.5. The van der Waals surface area contributed by atoms with E-state index < -0.39 is 11.9 Å². The average molecular weight is 416 g/mol. The molecule has 0 spiro atoms. The van der Waals surface area contributed by atoms with Crippen molar-refractivity contribution < 1.29 is 24.2 Å². The summed E-state index contributed by atoms with van der Waals surface area (Å²) in [5.74, 6) is -1.01. The number of hydrogen-bond donors (Lipinski definition) is 3. The van der Waals surface area contributed by atoms with E-state index in [1.165, 1.54) is 38.6 Å². The van der Waals surface area contributed by atoms with Gasteiger partial charge in [0.2, 0.25) is 5.89 Å². The number of aromatic nitrogens is 2. The molecule has 1 aromatic rings. The molecule has 0 aromatic carbocycles. The summed E-state index contributed by atoms with van der Waals surface area (Å²) in [6.07, 6.45) is 6.77. The van der Waals surface area contributed by atoms with Crippen molar-refractivity contribution in [2.75, 3.05) is 44.7 Å². The van der Waals surface area contributed by atoms with Crippen molar-refractivity contribution in [1.82, 2.24) is 20.4 Å². The van der Waals surface area contributed by atoms with Gasteiger partial charge in [-0.1, -0.05) is 37.7 Å². The number of carboxylic acid groups (broad SMARTS) is 2. The maximum atomic E-state index is 9.00. The minimum absolute atomic E-state index is 0.630. The predicted molar refractivity (Wildman–Crippen MR) is 111 cm³/mol. The van der Waals surface area contributed by atoms with Crippen molar-refractivity contribution in [2.45, 2.75) is 59.4 Å². The van der Waals surface area contributed by atoms with Gasteiger partial charge in [-0.25, -0.2) is 0 Å². The Labute approximate surface area is 173 Å². The first-order chi connectivity index (χ1) is 13.8. The molecule has 168 valence electrons. The van der Waals surface area contributed by atoms with Gasteiger partial charge >= 0.3 is 6.01 Å². The highest BCUT2D eigenvalue weighted by Crippen LogP contribution is 2.15. The summed E-state index contributed by atoms with van der Waals surface area (Å²) < 4.78 is 5.65. The first-order valence-corrected chi connectivity index (χ1v) is 10.1. The van der Waals surface area contributed by atoms with Gasteiger partial charge in [0.15, 0.2) is 0 Å². The first-order valence-electron chi connectivity index (χ1n) is 10.1. The Morgan fingerprint density at radius 1 is 1.00 bits per heavy atom. The molecule has 1 aliphatic heterocycles. The molecule has 3 N–H and O–H groups in total. The number of piperazine rings is 1. The molecule has 0 amide bonds. The third kappa shape index (κ3) is 15.4. The summed E-state index contributed by atoms with van der Waals surface area (Å²) in [5, 5.41) is 26.0. The zero-order valence-electron chi connectivity index (χ0n) is 18.2. The third-order valence-corrected chi connectivity index (χ3v) is 4.00. The highest BCUT2D eigenvalue weighted by atomic mass is 16.4. The molecule has 0 unspecified atom stereocenters. The van der Waals surface area contributed by atoms with Crippen molar-refractivity contribution in [1.29, 1.82) is 0 Å². The van der Waals surface area contributed by atoms with Crippen LogP contribution in [-0.2, 0) is 16.1 Å². The Balaban J connectivity index is 0.000000837. The fourth-order valence-electron chi connectivity index (χ4n) is 2.70. The number of aliphatic carboxylic acids is 2. The van der Waals surface area contributed by atoms with Crippen LogP contribution < -0.4 is 10.2 Å². The molecular formula is C19H37N5O5. The molecule has 1 fully saturated rings. The summed E-state index contributed by atoms with van der Waals surface area (Å²) in [5.41, 5.74) is 0. The molecule has 0 bridgehead atoms. The molecule has 1 aromatic heterocycles. The average Bonchev–Trinajstić information content (AvgIpc) is 3.10. The fraction of sp³-hybridized carbons (Fsp3) is 0.789. The van der Waals surface area contributed by atoms with Crippen LogP contribution in [0.25, 0.3) is 0 Å². The van der Waals surface area contributed by atoms with Gasteiger partial charge in [0, 0.05) is 40.0 Å². The van der Waals surface area contributed by atoms with Crippen LogP contribution >= 0.6 is 0 Å². The van der Waals surface area contributed by atoms with E-state index in [-0.39, 0.29) is 0 Å². The maximum absolute atomic E-state index is 9.00. The van der Waals surface area contributed by atoms with Crippen LogP contribution in [0.4, 0.5) is 6.01 Å². The number of nitrogens with zero attached hydrogens (tertiary/aromatic N) is 4. The molecule has 2 heterocycles.